The molecule has 0 saturated heterocycles. The Morgan fingerprint density at radius 1 is 0.864 bits per heavy atom. The predicted molar refractivity (Wildman–Crippen MR) is 157 cm³/mol. The van der Waals surface area contributed by atoms with Crippen molar-refractivity contribution in [2.75, 3.05) is 24.4 Å². The second-order valence-corrected chi connectivity index (χ2v) is 10.4. The molecular formula is C32H29F2N3O7. The summed E-state index contributed by atoms with van der Waals surface area (Å²) in [6.45, 7) is 3.32. The first-order chi connectivity index (χ1) is 21.1. The molecule has 10 nitrogen and oxygen atoms in total. The molecule has 44 heavy (non-hydrogen) atoms. The minimum absolute atomic E-state index is 0.122. The van der Waals surface area contributed by atoms with Gasteiger partial charge in [0.2, 0.25) is 11.8 Å². The van der Waals surface area contributed by atoms with E-state index in [1.807, 2.05) is 13.8 Å². The number of methoxy groups -OCH3 is 1. The molecule has 228 valence electrons. The highest BCUT2D eigenvalue weighted by atomic mass is 19.1. The number of carbonyl (C=O) groups is 3. The van der Waals surface area contributed by atoms with E-state index in [1.54, 1.807) is 18.2 Å². The molecule has 1 heterocycles. The largest absolute Gasteiger partial charge is 0.487 e. The number of aromatic nitrogens is 1. The van der Waals surface area contributed by atoms with E-state index in [2.05, 4.69) is 20.4 Å². The second-order valence-electron chi connectivity index (χ2n) is 10.4. The summed E-state index contributed by atoms with van der Waals surface area (Å²) < 4.78 is 50.4. The number of anilines is 2. The first-order valence-corrected chi connectivity index (χ1v) is 13.7. The van der Waals surface area contributed by atoms with E-state index < -0.39 is 34.8 Å². The summed E-state index contributed by atoms with van der Waals surface area (Å²) >= 11 is 0. The molecule has 4 aromatic rings. The van der Waals surface area contributed by atoms with E-state index in [-0.39, 0.29) is 35.6 Å². The van der Waals surface area contributed by atoms with E-state index in [1.165, 1.54) is 49.7 Å². The topological polar surface area (TPSA) is 125 Å². The lowest BCUT2D eigenvalue weighted by molar-refractivity contribution is -0.143. The summed E-state index contributed by atoms with van der Waals surface area (Å²) in [6.07, 6.45) is 1.90. The average molecular weight is 606 g/mol. The standard InChI is InChI=1S/C32H29F2N3O7/c1-18(2)43-28-15-22-24(16-27(28)42-17-29(38)41-3)35-13-10-25(22)44-26-9-8-21(14-23(26)34)37-31(40)32(11-12-32)30(39)36-20-6-4-19(33)5-7-20/h4-10,13-16,18H,11-12,17H2,1-3H3,(H,36,39)(H,37,40). The maximum atomic E-state index is 15.2. The molecule has 0 unspecified atom stereocenters. The molecule has 0 atom stereocenters. The molecule has 2 amide bonds. The Morgan fingerprint density at radius 2 is 1.55 bits per heavy atom. The van der Waals surface area contributed by atoms with Crippen molar-refractivity contribution in [1.29, 1.82) is 0 Å². The van der Waals surface area contributed by atoms with E-state index in [0.29, 0.717) is 35.2 Å². The first kappa shape index (κ1) is 30.2. The van der Waals surface area contributed by atoms with Crippen LogP contribution < -0.4 is 24.8 Å². The van der Waals surface area contributed by atoms with Crippen LogP contribution in [-0.4, -0.2) is 42.6 Å². The van der Waals surface area contributed by atoms with Crippen LogP contribution in [0.2, 0.25) is 0 Å². The molecule has 0 spiro atoms. The third kappa shape index (κ3) is 6.69. The van der Waals surface area contributed by atoms with Crippen LogP contribution in [0.25, 0.3) is 10.9 Å². The number of carbonyl (C=O) groups excluding carboxylic acids is 3. The quantitative estimate of drug-likeness (QED) is 0.158. The van der Waals surface area contributed by atoms with Crippen molar-refractivity contribution < 1.29 is 42.1 Å². The smallest absolute Gasteiger partial charge is 0.343 e. The Bertz CT molecular complexity index is 1720. The van der Waals surface area contributed by atoms with Crippen molar-refractivity contribution in [3.05, 3.63) is 78.5 Å². The van der Waals surface area contributed by atoms with E-state index in [9.17, 15) is 18.8 Å². The maximum Gasteiger partial charge on any atom is 0.343 e. The highest BCUT2D eigenvalue weighted by molar-refractivity contribution is 6.16. The zero-order valence-electron chi connectivity index (χ0n) is 24.1. The lowest BCUT2D eigenvalue weighted by Crippen LogP contribution is -2.35. The van der Waals surface area contributed by atoms with E-state index in [0.717, 1.165) is 6.07 Å². The third-order valence-electron chi connectivity index (χ3n) is 6.83. The van der Waals surface area contributed by atoms with Crippen molar-refractivity contribution in [3.63, 3.8) is 0 Å². The number of ether oxygens (including phenoxy) is 4. The van der Waals surface area contributed by atoms with Gasteiger partial charge < -0.3 is 29.6 Å². The van der Waals surface area contributed by atoms with Gasteiger partial charge >= 0.3 is 5.97 Å². The Morgan fingerprint density at radius 3 is 2.18 bits per heavy atom. The van der Waals surface area contributed by atoms with Crippen molar-refractivity contribution in [2.24, 2.45) is 5.41 Å². The molecule has 0 radical (unpaired) electrons. The fraction of sp³-hybridized carbons (Fsp3) is 0.250. The molecule has 5 rings (SSSR count). The molecule has 1 fully saturated rings. The SMILES string of the molecule is COC(=O)COc1cc2nccc(Oc3ccc(NC(=O)C4(C(=O)Nc5ccc(F)cc5)CC4)cc3F)c2cc1OC(C)C. The predicted octanol–water partition coefficient (Wildman–Crippen LogP) is 6.00. The van der Waals surface area contributed by atoms with Crippen LogP contribution in [0, 0.1) is 17.0 Å². The fourth-order valence-corrected chi connectivity index (χ4v) is 4.37. The summed E-state index contributed by atoms with van der Waals surface area (Å²) in [7, 11) is 1.25. The van der Waals surface area contributed by atoms with Crippen LogP contribution in [-0.2, 0) is 19.1 Å². The zero-order chi connectivity index (χ0) is 31.4. The number of benzene rings is 3. The van der Waals surface area contributed by atoms with Gasteiger partial charge in [-0.3, -0.25) is 14.6 Å². The molecule has 0 bridgehead atoms. The molecule has 1 saturated carbocycles. The molecule has 12 heteroatoms. The molecule has 3 aromatic carbocycles. The van der Waals surface area contributed by atoms with Crippen LogP contribution in [0.1, 0.15) is 26.7 Å². The Labute approximate surface area is 251 Å². The lowest BCUT2D eigenvalue weighted by Gasteiger charge is -2.17. The minimum Gasteiger partial charge on any atom is -0.487 e. The van der Waals surface area contributed by atoms with Gasteiger partial charge in [-0.25, -0.2) is 13.6 Å². The summed E-state index contributed by atoms with van der Waals surface area (Å²) in [5.74, 6) is -2.13. The Hall–Kier alpha value is -5.26. The molecule has 1 aliphatic carbocycles. The van der Waals surface area contributed by atoms with Crippen molar-refractivity contribution in [1.82, 2.24) is 4.98 Å². The molecule has 0 aliphatic heterocycles. The lowest BCUT2D eigenvalue weighted by atomic mass is 10.0. The van der Waals surface area contributed by atoms with Gasteiger partial charge in [0.25, 0.3) is 0 Å². The van der Waals surface area contributed by atoms with Crippen molar-refractivity contribution in [3.8, 4) is 23.0 Å². The van der Waals surface area contributed by atoms with Crippen molar-refractivity contribution >= 4 is 40.1 Å². The van der Waals surface area contributed by atoms with Crippen LogP contribution >= 0.6 is 0 Å². The van der Waals surface area contributed by atoms with Crippen LogP contribution in [0.15, 0.2) is 66.9 Å². The van der Waals surface area contributed by atoms with E-state index in [4.69, 9.17) is 14.2 Å². The second kappa shape index (κ2) is 12.5. The van der Waals surface area contributed by atoms with Crippen LogP contribution in [0.4, 0.5) is 20.2 Å². The number of hydrogen-bond donors (Lipinski definition) is 2. The number of halogens is 2. The number of rotatable bonds is 11. The van der Waals surface area contributed by atoms with Crippen molar-refractivity contribution in [2.45, 2.75) is 32.8 Å². The molecular weight excluding hydrogens is 576 g/mol. The monoisotopic (exact) mass is 605 g/mol. The summed E-state index contributed by atoms with van der Waals surface area (Å²) in [5, 5.41) is 5.73. The number of fused-ring (bicyclic) bond motifs is 1. The highest BCUT2D eigenvalue weighted by Crippen LogP contribution is 2.47. The van der Waals surface area contributed by atoms with Crippen LogP contribution in [0.3, 0.4) is 0 Å². The number of amides is 2. The molecule has 1 aromatic heterocycles. The molecule has 1 aliphatic rings. The highest BCUT2D eigenvalue weighted by Gasteiger charge is 2.56. The van der Waals surface area contributed by atoms with Gasteiger partial charge in [-0.05, 0) is 75.2 Å². The third-order valence-corrected chi connectivity index (χ3v) is 6.83. The normalized spacial score (nSPS) is 13.2. The minimum atomic E-state index is -1.30. The number of hydrogen-bond acceptors (Lipinski definition) is 8. The van der Waals surface area contributed by atoms with Gasteiger partial charge in [-0.2, -0.15) is 0 Å². The van der Waals surface area contributed by atoms with Gasteiger partial charge in [0.1, 0.15) is 17.0 Å². The maximum absolute atomic E-state index is 15.2. The average Bonchev–Trinajstić information content (AvgIpc) is 3.81. The summed E-state index contributed by atoms with van der Waals surface area (Å²) in [5.41, 5.74) is -0.359. The van der Waals surface area contributed by atoms with Gasteiger partial charge in [-0.15, -0.1) is 0 Å². The Balaban J connectivity index is 1.32. The van der Waals surface area contributed by atoms with Gasteiger partial charge in [-0.1, -0.05) is 0 Å². The van der Waals surface area contributed by atoms with Gasteiger partial charge in [0, 0.05) is 35.1 Å². The van der Waals surface area contributed by atoms with E-state index >= 15 is 4.39 Å². The fourth-order valence-electron chi connectivity index (χ4n) is 4.37. The number of nitrogens with one attached hydrogen (secondary N) is 2. The number of nitrogens with zero attached hydrogens (tertiary/aromatic N) is 1. The summed E-state index contributed by atoms with van der Waals surface area (Å²) in [4.78, 5) is 41.8. The van der Waals surface area contributed by atoms with Gasteiger partial charge in [0.05, 0.1) is 18.7 Å². The molecule has 2 N–H and O–H groups in total. The van der Waals surface area contributed by atoms with Crippen LogP contribution in [0.5, 0.6) is 23.0 Å². The van der Waals surface area contributed by atoms with Gasteiger partial charge in [0.15, 0.2) is 29.7 Å². The summed E-state index contributed by atoms with van der Waals surface area (Å²) in [6, 6.07) is 13.9. The number of esters is 1. The number of pyridine rings is 1. The zero-order valence-corrected chi connectivity index (χ0v) is 24.1. The Kier molecular flexibility index (Phi) is 8.61. The first-order valence-electron chi connectivity index (χ1n) is 13.7.